The quantitative estimate of drug-likeness (QED) is 0.247. The zero-order chi connectivity index (χ0) is 21.8. The number of thiocarbonyl (C=S) groups is 1. The number of benzene rings is 3. The van der Waals surface area contributed by atoms with Crippen molar-refractivity contribution in [2.45, 2.75) is 0 Å². The fourth-order valence-electron chi connectivity index (χ4n) is 2.84. The summed E-state index contributed by atoms with van der Waals surface area (Å²) < 4.78 is 1.06. The maximum absolute atomic E-state index is 12.2. The first-order valence-electron chi connectivity index (χ1n) is 9.20. The summed E-state index contributed by atoms with van der Waals surface area (Å²) in [4.78, 5) is 16.8. The van der Waals surface area contributed by atoms with Gasteiger partial charge in [0.2, 0.25) is 5.91 Å². The molecule has 1 aromatic heterocycles. The molecule has 0 saturated carbocycles. The highest BCUT2D eigenvalue weighted by Crippen LogP contribution is 2.38. The molecule has 0 unspecified atom stereocenters. The van der Waals surface area contributed by atoms with Crippen molar-refractivity contribution in [1.29, 1.82) is 0 Å². The smallest absolute Gasteiger partial charge is 0.250 e. The third kappa shape index (κ3) is 5.29. The molecule has 0 atom stereocenters. The van der Waals surface area contributed by atoms with Gasteiger partial charge in [-0.3, -0.25) is 10.1 Å². The Bertz CT molecular complexity index is 1270. The van der Waals surface area contributed by atoms with E-state index in [4.69, 9.17) is 35.4 Å². The fourth-order valence-corrected chi connectivity index (χ4v) is 4.62. The Labute approximate surface area is 198 Å². The van der Waals surface area contributed by atoms with Gasteiger partial charge >= 0.3 is 0 Å². The van der Waals surface area contributed by atoms with E-state index in [-0.39, 0.29) is 11.0 Å². The van der Waals surface area contributed by atoms with Gasteiger partial charge < -0.3 is 5.32 Å². The van der Waals surface area contributed by atoms with Gasteiger partial charge in [-0.05, 0) is 48.1 Å². The predicted molar refractivity (Wildman–Crippen MR) is 135 cm³/mol. The number of amides is 1. The number of fused-ring (bicyclic) bond motifs is 1. The van der Waals surface area contributed by atoms with E-state index >= 15 is 0 Å². The van der Waals surface area contributed by atoms with Crippen LogP contribution in [0.5, 0.6) is 0 Å². The number of hydrogen-bond donors (Lipinski definition) is 2. The van der Waals surface area contributed by atoms with Gasteiger partial charge in [0.05, 0.1) is 25.9 Å². The molecule has 0 bridgehead atoms. The van der Waals surface area contributed by atoms with Gasteiger partial charge in [0, 0.05) is 11.6 Å². The molecule has 4 rings (SSSR count). The summed E-state index contributed by atoms with van der Waals surface area (Å²) in [6.45, 7) is 0. The van der Waals surface area contributed by atoms with Crippen LogP contribution in [0.4, 0.5) is 5.69 Å². The lowest BCUT2D eigenvalue weighted by molar-refractivity contribution is -0.115. The number of nitrogens with one attached hydrogen (secondary N) is 2. The van der Waals surface area contributed by atoms with Crippen LogP contribution in [0.25, 0.3) is 26.9 Å². The molecule has 0 radical (unpaired) electrons. The number of hydrogen-bond acceptors (Lipinski definition) is 4. The van der Waals surface area contributed by atoms with E-state index in [0.29, 0.717) is 15.7 Å². The molecular weight excluding hydrogens is 469 g/mol. The second kappa shape index (κ2) is 9.58. The minimum atomic E-state index is -0.349. The lowest BCUT2D eigenvalue weighted by atomic mass is 10.2. The number of aromatic nitrogens is 1. The molecule has 8 heteroatoms. The Kier molecular flexibility index (Phi) is 6.63. The maximum atomic E-state index is 12.2. The standard InChI is InChI=1S/C23H15Cl2N3OS2/c24-16-13-17(25)19(12-15(16)22-26-18-8-4-5-9-20(18)31-22)27-23(30)28-21(29)11-10-14-6-2-1-3-7-14/h1-13H,(H2,27,28,29,30). The molecular formula is C23H15Cl2N3OS2. The summed E-state index contributed by atoms with van der Waals surface area (Å²) >= 11 is 19.6. The molecule has 0 fully saturated rings. The van der Waals surface area contributed by atoms with Crippen LogP contribution >= 0.6 is 46.8 Å². The van der Waals surface area contributed by atoms with Crippen LogP contribution < -0.4 is 10.6 Å². The molecule has 0 spiro atoms. The van der Waals surface area contributed by atoms with Crippen LogP contribution in [0.15, 0.2) is 72.8 Å². The number of carbonyl (C=O) groups excluding carboxylic acids is 1. The summed E-state index contributed by atoms with van der Waals surface area (Å²) in [5.74, 6) is -0.349. The summed E-state index contributed by atoms with van der Waals surface area (Å²) in [7, 11) is 0. The van der Waals surface area contributed by atoms with Crippen molar-refractivity contribution in [2.24, 2.45) is 0 Å². The van der Waals surface area contributed by atoms with Gasteiger partial charge in [-0.2, -0.15) is 0 Å². The number of rotatable bonds is 4. The minimum absolute atomic E-state index is 0.127. The SMILES string of the molecule is O=C(C=Cc1ccccc1)NC(=S)Nc1cc(-c2nc3ccccc3s2)c(Cl)cc1Cl. The van der Waals surface area contributed by atoms with E-state index in [1.165, 1.54) is 17.4 Å². The van der Waals surface area contributed by atoms with E-state index in [0.717, 1.165) is 26.4 Å². The van der Waals surface area contributed by atoms with Gasteiger partial charge in [-0.1, -0.05) is 65.7 Å². The summed E-state index contributed by atoms with van der Waals surface area (Å²) in [5.41, 5.74) is 3.07. The van der Waals surface area contributed by atoms with Crippen LogP contribution in [0.2, 0.25) is 10.0 Å². The molecule has 154 valence electrons. The van der Waals surface area contributed by atoms with Crippen LogP contribution in [0, 0.1) is 0 Å². The van der Waals surface area contributed by atoms with Crippen molar-refractivity contribution in [3.05, 3.63) is 88.4 Å². The Hall–Kier alpha value is -2.77. The van der Waals surface area contributed by atoms with E-state index in [1.54, 1.807) is 18.2 Å². The lowest BCUT2D eigenvalue weighted by Crippen LogP contribution is -2.32. The first-order valence-corrected chi connectivity index (χ1v) is 11.2. The van der Waals surface area contributed by atoms with Crippen molar-refractivity contribution < 1.29 is 4.79 Å². The Balaban J connectivity index is 1.50. The average molecular weight is 484 g/mol. The summed E-state index contributed by atoms with van der Waals surface area (Å²) in [6, 6.07) is 20.8. The number of halogens is 2. The van der Waals surface area contributed by atoms with Crippen LogP contribution in [0.3, 0.4) is 0 Å². The summed E-state index contributed by atoms with van der Waals surface area (Å²) in [5, 5.41) is 7.33. The number of para-hydroxylation sites is 1. The van der Waals surface area contributed by atoms with E-state index in [2.05, 4.69) is 15.6 Å². The molecule has 0 aliphatic rings. The monoisotopic (exact) mass is 483 g/mol. The van der Waals surface area contributed by atoms with Crippen molar-refractivity contribution in [3.8, 4) is 10.6 Å². The summed E-state index contributed by atoms with van der Waals surface area (Å²) in [6.07, 6.45) is 3.12. The Morgan fingerprint density at radius 2 is 1.74 bits per heavy atom. The molecule has 3 aromatic carbocycles. The molecule has 2 N–H and O–H groups in total. The second-order valence-electron chi connectivity index (χ2n) is 6.49. The largest absolute Gasteiger partial charge is 0.331 e. The number of thiazole rings is 1. The third-order valence-corrected chi connectivity index (χ3v) is 6.19. The predicted octanol–water partition coefficient (Wildman–Crippen LogP) is 6.80. The highest BCUT2D eigenvalue weighted by Gasteiger charge is 2.14. The van der Waals surface area contributed by atoms with E-state index in [1.807, 2.05) is 54.6 Å². The molecule has 31 heavy (non-hydrogen) atoms. The highest BCUT2D eigenvalue weighted by atomic mass is 35.5. The first-order chi connectivity index (χ1) is 15.0. The zero-order valence-corrected chi connectivity index (χ0v) is 19.1. The Morgan fingerprint density at radius 1 is 1.00 bits per heavy atom. The van der Waals surface area contributed by atoms with Crippen molar-refractivity contribution in [3.63, 3.8) is 0 Å². The average Bonchev–Trinajstić information content (AvgIpc) is 3.19. The van der Waals surface area contributed by atoms with Gasteiger partial charge in [0.25, 0.3) is 0 Å². The zero-order valence-electron chi connectivity index (χ0n) is 15.9. The van der Waals surface area contributed by atoms with Crippen molar-refractivity contribution in [2.75, 3.05) is 5.32 Å². The second-order valence-corrected chi connectivity index (χ2v) is 8.74. The molecule has 0 saturated heterocycles. The van der Waals surface area contributed by atoms with Gasteiger partial charge in [-0.15, -0.1) is 11.3 Å². The van der Waals surface area contributed by atoms with E-state index in [9.17, 15) is 4.79 Å². The number of nitrogens with zero attached hydrogens (tertiary/aromatic N) is 1. The fraction of sp³-hybridized carbons (Fsp3) is 0. The normalized spacial score (nSPS) is 11.0. The highest BCUT2D eigenvalue weighted by molar-refractivity contribution is 7.80. The number of anilines is 1. The molecule has 1 amide bonds. The lowest BCUT2D eigenvalue weighted by Gasteiger charge is -2.12. The minimum Gasteiger partial charge on any atom is -0.331 e. The van der Waals surface area contributed by atoms with E-state index < -0.39 is 0 Å². The van der Waals surface area contributed by atoms with Crippen LogP contribution in [0.1, 0.15) is 5.56 Å². The molecule has 1 heterocycles. The van der Waals surface area contributed by atoms with Crippen molar-refractivity contribution in [1.82, 2.24) is 10.3 Å². The van der Waals surface area contributed by atoms with Gasteiger partial charge in [-0.25, -0.2) is 4.98 Å². The third-order valence-electron chi connectivity index (χ3n) is 4.29. The van der Waals surface area contributed by atoms with Crippen LogP contribution in [-0.4, -0.2) is 16.0 Å². The molecule has 4 nitrogen and oxygen atoms in total. The molecule has 0 aliphatic heterocycles. The first kappa shape index (κ1) is 21.5. The van der Waals surface area contributed by atoms with Crippen LogP contribution in [-0.2, 0) is 4.79 Å². The molecule has 0 aliphatic carbocycles. The maximum Gasteiger partial charge on any atom is 0.250 e. The number of carbonyl (C=O) groups is 1. The van der Waals surface area contributed by atoms with Gasteiger partial charge in [0.15, 0.2) is 5.11 Å². The van der Waals surface area contributed by atoms with Crippen molar-refractivity contribution >= 4 is 79.8 Å². The Morgan fingerprint density at radius 3 is 2.52 bits per heavy atom. The molecule has 4 aromatic rings. The topological polar surface area (TPSA) is 54.0 Å². The van der Waals surface area contributed by atoms with Gasteiger partial charge in [0.1, 0.15) is 5.01 Å².